The van der Waals surface area contributed by atoms with Crippen molar-refractivity contribution in [1.82, 2.24) is 14.5 Å². The third kappa shape index (κ3) is 3.32. The third-order valence-electron chi connectivity index (χ3n) is 3.92. The number of hydrogen-bond donors (Lipinski definition) is 0. The zero-order chi connectivity index (χ0) is 16.2. The van der Waals surface area contributed by atoms with Crippen molar-refractivity contribution >= 4 is 28.6 Å². The minimum absolute atomic E-state index is 0.0911. The molecule has 120 valence electrons. The second-order valence-electron chi connectivity index (χ2n) is 5.49. The first-order chi connectivity index (χ1) is 11.2. The smallest absolute Gasteiger partial charge is 0.262 e. The fraction of sp³-hybridized carbons (Fsp3) is 0.353. The normalized spacial score (nSPS) is 14.3. The Morgan fingerprint density at radius 2 is 2.04 bits per heavy atom. The van der Waals surface area contributed by atoms with Crippen molar-refractivity contribution in [2.75, 3.05) is 18.8 Å². The van der Waals surface area contributed by atoms with E-state index in [4.69, 9.17) is 0 Å². The summed E-state index contributed by atoms with van der Waals surface area (Å²) in [6.07, 6.45) is 3.82. The van der Waals surface area contributed by atoms with Gasteiger partial charge in [-0.05, 0) is 25.0 Å². The molecule has 0 aliphatic carbocycles. The number of carbonyl (C=O) groups is 1. The number of nitrogens with zero attached hydrogens (tertiary/aromatic N) is 3. The molecule has 0 N–H and O–H groups in total. The lowest BCUT2D eigenvalue weighted by atomic mass is 10.2. The maximum atomic E-state index is 12.6. The molecule has 2 heterocycles. The lowest BCUT2D eigenvalue weighted by molar-refractivity contribution is -0.127. The summed E-state index contributed by atoms with van der Waals surface area (Å²) in [7, 11) is 0. The van der Waals surface area contributed by atoms with Crippen LogP contribution in [-0.4, -0.2) is 39.2 Å². The average Bonchev–Trinajstić information content (AvgIpc) is 3.10. The molecule has 1 saturated heterocycles. The van der Waals surface area contributed by atoms with Crippen molar-refractivity contribution in [1.29, 1.82) is 0 Å². The topological polar surface area (TPSA) is 55.2 Å². The van der Waals surface area contributed by atoms with E-state index in [0.717, 1.165) is 25.9 Å². The van der Waals surface area contributed by atoms with Gasteiger partial charge in [-0.2, -0.15) is 0 Å². The van der Waals surface area contributed by atoms with E-state index in [2.05, 4.69) is 11.6 Å². The number of allylic oxidation sites excluding steroid dienone is 1. The van der Waals surface area contributed by atoms with Gasteiger partial charge in [0.1, 0.15) is 0 Å². The molecule has 0 atom stereocenters. The summed E-state index contributed by atoms with van der Waals surface area (Å²) in [4.78, 5) is 31.3. The van der Waals surface area contributed by atoms with Crippen LogP contribution in [0, 0.1) is 0 Å². The second kappa shape index (κ2) is 7.00. The SMILES string of the molecule is C=CCn1c(SCC(=O)N2CCCC2)nc2ccccc2c1=O. The van der Waals surface area contributed by atoms with Crippen molar-refractivity contribution in [3.05, 3.63) is 47.3 Å². The number of benzene rings is 1. The molecular formula is C17H19N3O2S. The van der Waals surface area contributed by atoms with E-state index in [9.17, 15) is 9.59 Å². The molecule has 0 saturated carbocycles. The lowest BCUT2D eigenvalue weighted by Gasteiger charge is -2.16. The van der Waals surface area contributed by atoms with Gasteiger partial charge in [0.05, 0.1) is 16.7 Å². The van der Waals surface area contributed by atoms with E-state index in [1.54, 1.807) is 16.7 Å². The maximum absolute atomic E-state index is 12.6. The predicted octanol–water partition coefficient (Wildman–Crippen LogP) is 2.30. The summed E-state index contributed by atoms with van der Waals surface area (Å²) in [5.41, 5.74) is 0.570. The maximum Gasteiger partial charge on any atom is 0.262 e. The van der Waals surface area contributed by atoms with Crippen LogP contribution in [0.25, 0.3) is 10.9 Å². The summed E-state index contributed by atoms with van der Waals surface area (Å²) in [5, 5.41) is 1.16. The van der Waals surface area contributed by atoms with Crippen molar-refractivity contribution in [2.45, 2.75) is 24.5 Å². The van der Waals surface area contributed by atoms with Gasteiger partial charge in [0.2, 0.25) is 5.91 Å². The number of amides is 1. The molecule has 1 fully saturated rings. The number of carbonyl (C=O) groups excluding carboxylic acids is 1. The molecule has 3 rings (SSSR count). The molecule has 0 spiro atoms. The largest absolute Gasteiger partial charge is 0.342 e. The molecular weight excluding hydrogens is 310 g/mol. The van der Waals surface area contributed by atoms with Crippen LogP contribution >= 0.6 is 11.8 Å². The molecule has 1 aliphatic rings. The van der Waals surface area contributed by atoms with E-state index in [-0.39, 0.29) is 11.5 Å². The Labute approximate surface area is 139 Å². The van der Waals surface area contributed by atoms with Gasteiger partial charge in [-0.1, -0.05) is 30.0 Å². The molecule has 0 unspecified atom stereocenters. The van der Waals surface area contributed by atoms with Gasteiger partial charge < -0.3 is 4.90 Å². The molecule has 5 nitrogen and oxygen atoms in total. The molecule has 1 amide bonds. The van der Waals surface area contributed by atoms with E-state index in [1.165, 1.54) is 11.8 Å². The molecule has 1 aromatic carbocycles. The molecule has 1 aliphatic heterocycles. The number of thioether (sulfide) groups is 1. The Morgan fingerprint density at radius 3 is 2.78 bits per heavy atom. The van der Waals surface area contributed by atoms with Gasteiger partial charge in [-0.15, -0.1) is 6.58 Å². The Hall–Kier alpha value is -2.08. The highest BCUT2D eigenvalue weighted by Gasteiger charge is 2.19. The van der Waals surface area contributed by atoms with E-state index in [1.807, 2.05) is 23.1 Å². The minimum Gasteiger partial charge on any atom is -0.342 e. The number of para-hydroxylation sites is 1. The molecule has 6 heteroatoms. The van der Waals surface area contributed by atoms with Crippen LogP contribution in [0.4, 0.5) is 0 Å². The van der Waals surface area contributed by atoms with Crippen LogP contribution in [0.15, 0.2) is 46.9 Å². The van der Waals surface area contributed by atoms with Gasteiger partial charge in [0.15, 0.2) is 5.16 Å². The van der Waals surface area contributed by atoms with Gasteiger partial charge in [-0.25, -0.2) is 4.98 Å². The number of hydrogen-bond acceptors (Lipinski definition) is 4. The second-order valence-corrected chi connectivity index (χ2v) is 6.44. The Balaban J connectivity index is 1.89. The van der Waals surface area contributed by atoms with Crippen molar-refractivity contribution in [3.8, 4) is 0 Å². The van der Waals surface area contributed by atoms with Gasteiger partial charge in [0.25, 0.3) is 5.56 Å². The Kier molecular flexibility index (Phi) is 4.81. The first kappa shape index (κ1) is 15.8. The highest BCUT2D eigenvalue weighted by atomic mass is 32.2. The average molecular weight is 329 g/mol. The van der Waals surface area contributed by atoms with Crippen molar-refractivity contribution in [3.63, 3.8) is 0 Å². The monoisotopic (exact) mass is 329 g/mol. The first-order valence-electron chi connectivity index (χ1n) is 7.72. The summed E-state index contributed by atoms with van der Waals surface area (Å²) >= 11 is 1.32. The number of rotatable bonds is 5. The quantitative estimate of drug-likeness (QED) is 0.480. The molecule has 0 bridgehead atoms. The summed E-state index contributed by atoms with van der Waals surface area (Å²) < 4.78 is 1.58. The van der Waals surface area contributed by atoms with E-state index in [0.29, 0.717) is 28.4 Å². The predicted molar refractivity (Wildman–Crippen MR) is 92.7 cm³/mol. The number of likely N-dealkylation sites (tertiary alicyclic amines) is 1. The standard InChI is InChI=1S/C17H19N3O2S/c1-2-9-20-16(22)13-7-3-4-8-14(13)18-17(20)23-12-15(21)19-10-5-6-11-19/h2-4,7-8H,1,5-6,9-12H2. The molecule has 0 radical (unpaired) electrons. The molecule has 2 aromatic rings. The van der Waals surface area contributed by atoms with Crippen LogP contribution in [0.3, 0.4) is 0 Å². The number of fused-ring (bicyclic) bond motifs is 1. The van der Waals surface area contributed by atoms with Crippen LogP contribution in [-0.2, 0) is 11.3 Å². The summed E-state index contributed by atoms with van der Waals surface area (Å²) in [5.74, 6) is 0.419. The molecule has 23 heavy (non-hydrogen) atoms. The van der Waals surface area contributed by atoms with Crippen molar-refractivity contribution in [2.24, 2.45) is 0 Å². The fourth-order valence-corrected chi connectivity index (χ4v) is 3.64. The number of aromatic nitrogens is 2. The van der Waals surface area contributed by atoms with Crippen molar-refractivity contribution < 1.29 is 4.79 Å². The summed E-state index contributed by atoms with van der Waals surface area (Å²) in [6, 6.07) is 7.28. The van der Waals surface area contributed by atoms with Gasteiger partial charge in [-0.3, -0.25) is 14.2 Å². The van der Waals surface area contributed by atoms with Crippen LogP contribution in [0.2, 0.25) is 0 Å². The minimum atomic E-state index is -0.0911. The first-order valence-corrected chi connectivity index (χ1v) is 8.70. The third-order valence-corrected chi connectivity index (χ3v) is 4.88. The van der Waals surface area contributed by atoms with Crippen LogP contribution in [0.5, 0.6) is 0 Å². The lowest BCUT2D eigenvalue weighted by Crippen LogP contribution is -2.30. The molecule has 1 aromatic heterocycles. The Bertz CT molecular complexity index is 794. The summed E-state index contributed by atoms with van der Waals surface area (Å²) in [6.45, 7) is 5.77. The van der Waals surface area contributed by atoms with Crippen LogP contribution in [0.1, 0.15) is 12.8 Å². The van der Waals surface area contributed by atoms with E-state index >= 15 is 0 Å². The highest BCUT2D eigenvalue weighted by Crippen LogP contribution is 2.19. The van der Waals surface area contributed by atoms with Crippen LogP contribution < -0.4 is 5.56 Å². The van der Waals surface area contributed by atoms with Gasteiger partial charge >= 0.3 is 0 Å². The Morgan fingerprint density at radius 1 is 1.30 bits per heavy atom. The zero-order valence-electron chi connectivity index (χ0n) is 12.9. The van der Waals surface area contributed by atoms with Gasteiger partial charge in [0, 0.05) is 19.6 Å². The van der Waals surface area contributed by atoms with E-state index < -0.39 is 0 Å². The zero-order valence-corrected chi connectivity index (χ0v) is 13.7. The highest BCUT2D eigenvalue weighted by molar-refractivity contribution is 7.99. The fourth-order valence-electron chi connectivity index (χ4n) is 2.73.